The number of pyridine rings is 2. The van der Waals surface area contributed by atoms with E-state index >= 15 is 0 Å². The molecule has 0 atom stereocenters. The highest BCUT2D eigenvalue weighted by Crippen LogP contribution is 2.33. The summed E-state index contributed by atoms with van der Waals surface area (Å²) in [5.41, 5.74) is -2.61. The molecular weight excluding hydrogens is 829 g/mol. The molecule has 0 aliphatic rings. The largest absolute Gasteiger partial charge is 0.417 e. The molecule has 0 aliphatic heterocycles. The van der Waals surface area contributed by atoms with Crippen molar-refractivity contribution in [1.29, 1.82) is 0 Å². The number of rotatable bonds is 8. The van der Waals surface area contributed by atoms with Gasteiger partial charge in [-0.1, -0.05) is 47.5 Å². The lowest BCUT2D eigenvalue weighted by atomic mass is 10.1. The van der Waals surface area contributed by atoms with Crippen LogP contribution >= 0.6 is 45.8 Å². The highest BCUT2D eigenvalue weighted by molar-refractivity contribution is 14.1. The van der Waals surface area contributed by atoms with Crippen LogP contribution in [0.3, 0.4) is 0 Å². The monoisotopic (exact) mass is 850 g/mol. The van der Waals surface area contributed by atoms with Gasteiger partial charge in [-0.15, -0.1) is 0 Å². The summed E-state index contributed by atoms with van der Waals surface area (Å²) in [4.78, 5) is 31.3. The lowest BCUT2D eigenvalue weighted by Crippen LogP contribution is -2.28. The van der Waals surface area contributed by atoms with E-state index < -0.39 is 46.7 Å². The molecule has 2 aromatic heterocycles. The first-order valence-corrected chi connectivity index (χ1v) is 15.5. The summed E-state index contributed by atoms with van der Waals surface area (Å²) in [6.45, 7) is 0.0744. The number of halogens is 12. The third-order valence-electron chi connectivity index (χ3n) is 6.38. The van der Waals surface area contributed by atoms with Gasteiger partial charge in [-0.2, -0.15) is 39.5 Å². The highest BCUT2D eigenvalue weighted by Gasteiger charge is 2.35. The van der Waals surface area contributed by atoms with Crippen LogP contribution in [0.25, 0.3) is 0 Å². The number of aromatic nitrogens is 2. The minimum absolute atomic E-state index is 0.0447. The summed E-state index contributed by atoms with van der Waals surface area (Å²) in [5, 5.41) is 4.66. The summed E-state index contributed by atoms with van der Waals surface area (Å²) >= 11 is 13.6. The Morgan fingerprint density at radius 3 is 1.45 bits per heavy atom. The SMILES string of the molecule is O=C(NCCc1ncc(C(F)(F)F)cc1Cl)c1ccccc1C(F)(F)F.O=C(NCCc1ncc(C(F)(F)F)cc1Cl)c1ccccc1I. The number of hydrogen-bond donors (Lipinski definition) is 2. The van der Waals surface area contributed by atoms with Crippen molar-refractivity contribution in [2.24, 2.45) is 0 Å². The summed E-state index contributed by atoms with van der Waals surface area (Å²) < 4.78 is 115. The Morgan fingerprint density at radius 1 is 0.633 bits per heavy atom. The molecule has 0 spiro atoms. The third-order valence-corrected chi connectivity index (χ3v) is 7.97. The lowest BCUT2D eigenvalue weighted by molar-refractivity contribution is -0.138. The van der Waals surface area contributed by atoms with E-state index in [9.17, 15) is 49.1 Å². The van der Waals surface area contributed by atoms with E-state index in [0.29, 0.717) is 23.5 Å². The molecule has 2 amide bonds. The van der Waals surface area contributed by atoms with Crippen LogP contribution in [0, 0.1) is 3.57 Å². The van der Waals surface area contributed by atoms with E-state index in [1.807, 2.05) is 12.1 Å². The first-order chi connectivity index (χ1) is 22.8. The van der Waals surface area contributed by atoms with Crippen LogP contribution in [0.15, 0.2) is 73.1 Å². The van der Waals surface area contributed by atoms with Crippen molar-refractivity contribution < 1.29 is 49.1 Å². The van der Waals surface area contributed by atoms with E-state index in [0.717, 1.165) is 34.0 Å². The zero-order valence-electron chi connectivity index (χ0n) is 24.5. The van der Waals surface area contributed by atoms with Crippen molar-refractivity contribution in [3.05, 3.63) is 126 Å². The zero-order chi connectivity index (χ0) is 36.6. The fraction of sp³-hybridized carbons (Fsp3) is 0.226. The van der Waals surface area contributed by atoms with E-state index in [1.54, 1.807) is 12.1 Å². The van der Waals surface area contributed by atoms with Gasteiger partial charge in [-0.05, 0) is 59.0 Å². The molecule has 2 aromatic carbocycles. The van der Waals surface area contributed by atoms with Gasteiger partial charge in [0.25, 0.3) is 11.8 Å². The van der Waals surface area contributed by atoms with Crippen molar-refractivity contribution in [1.82, 2.24) is 20.6 Å². The molecule has 2 N–H and O–H groups in total. The molecule has 4 rings (SSSR count). The molecule has 2 heterocycles. The van der Waals surface area contributed by atoms with Crippen LogP contribution in [0.2, 0.25) is 10.0 Å². The second-order valence-corrected chi connectivity index (χ2v) is 11.8. The van der Waals surface area contributed by atoms with E-state index in [2.05, 4.69) is 43.2 Å². The number of alkyl halides is 9. The molecular formula is C31H22Cl2F9IN4O2. The number of carbonyl (C=O) groups excluding carboxylic acids is 2. The van der Waals surface area contributed by atoms with Crippen molar-refractivity contribution in [3.63, 3.8) is 0 Å². The number of benzene rings is 2. The quantitative estimate of drug-likeness (QED) is 0.137. The number of nitrogens with one attached hydrogen (secondary N) is 2. The maximum Gasteiger partial charge on any atom is 0.417 e. The molecule has 18 heteroatoms. The Kier molecular flexibility index (Phi) is 13.7. The summed E-state index contributed by atoms with van der Waals surface area (Å²) in [6.07, 6.45) is -12.2. The van der Waals surface area contributed by atoms with Gasteiger partial charge in [0.15, 0.2) is 0 Å². The molecule has 0 radical (unpaired) electrons. The summed E-state index contributed by atoms with van der Waals surface area (Å²) in [5.74, 6) is -1.21. The topological polar surface area (TPSA) is 84.0 Å². The van der Waals surface area contributed by atoms with Gasteiger partial charge in [-0.3, -0.25) is 19.6 Å². The van der Waals surface area contributed by atoms with Gasteiger partial charge in [0.05, 0.1) is 49.3 Å². The zero-order valence-corrected chi connectivity index (χ0v) is 28.2. The van der Waals surface area contributed by atoms with Gasteiger partial charge >= 0.3 is 18.5 Å². The van der Waals surface area contributed by atoms with Crippen LogP contribution in [-0.2, 0) is 31.4 Å². The smallest absolute Gasteiger partial charge is 0.352 e. The number of nitrogens with zero attached hydrogens (tertiary/aromatic N) is 2. The van der Waals surface area contributed by atoms with Crippen LogP contribution in [0.1, 0.15) is 48.8 Å². The highest BCUT2D eigenvalue weighted by atomic mass is 127. The van der Waals surface area contributed by atoms with Crippen molar-refractivity contribution >= 4 is 57.6 Å². The first kappa shape index (κ1) is 39.8. The molecule has 0 fully saturated rings. The fourth-order valence-corrected chi connectivity index (χ4v) is 5.12. The average molecular weight is 851 g/mol. The van der Waals surface area contributed by atoms with E-state index in [4.69, 9.17) is 23.2 Å². The Bertz CT molecular complexity index is 1790. The summed E-state index contributed by atoms with van der Waals surface area (Å²) in [7, 11) is 0. The Balaban J connectivity index is 0.000000267. The average Bonchev–Trinajstić information content (AvgIpc) is 3.01. The predicted octanol–water partition coefficient (Wildman–Crippen LogP) is 9.08. The Labute approximate surface area is 296 Å². The lowest BCUT2D eigenvalue weighted by Gasteiger charge is -2.13. The van der Waals surface area contributed by atoms with Crippen LogP contribution in [-0.4, -0.2) is 34.9 Å². The molecule has 262 valence electrons. The Hall–Kier alpha value is -3.64. The van der Waals surface area contributed by atoms with Crippen LogP contribution in [0.4, 0.5) is 39.5 Å². The van der Waals surface area contributed by atoms with Gasteiger partial charge in [0, 0.05) is 41.9 Å². The number of amides is 2. The van der Waals surface area contributed by atoms with Gasteiger partial charge in [-0.25, -0.2) is 0 Å². The summed E-state index contributed by atoms with van der Waals surface area (Å²) in [6, 6.07) is 12.9. The van der Waals surface area contributed by atoms with Gasteiger partial charge in [0.2, 0.25) is 0 Å². The normalized spacial score (nSPS) is 11.8. The van der Waals surface area contributed by atoms with Gasteiger partial charge in [0.1, 0.15) is 0 Å². The first-order valence-electron chi connectivity index (χ1n) is 13.7. The van der Waals surface area contributed by atoms with Crippen LogP contribution < -0.4 is 10.6 Å². The Morgan fingerprint density at radius 2 is 1.04 bits per heavy atom. The predicted molar refractivity (Wildman–Crippen MR) is 171 cm³/mol. The second kappa shape index (κ2) is 16.8. The van der Waals surface area contributed by atoms with E-state index in [-0.39, 0.29) is 47.6 Å². The van der Waals surface area contributed by atoms with Crippen molar-refractivity contribution in [2.45, 2.75) is 31.4 Å². The molecule has 0 unspecified atom stereocenters. The minimum atomic E-state index is -4.69. The second-order valence-electron chi connectivity index (χ2n) is 9.84. The molecule has 0 saturated heterocycles. The number of carbonyl (C=O) groups is 2. The van der Waals surface area contributed by atoms with Crippen LogP contribution in [0.5, 0.6) is 0 Å². The molecule has 0 saturated carbocycles. The maximum atomic E-state index is 12.9. The molecule has 6 nitrogen and oxygen atoms in total. The van der Waals surface area contributed by atoms with Crippen molar-refractivity contribution in [2.75, 3.05) is 13.1 Å². The molecule has 0 aliphatic carbocycles. The minimum Gasteiger partial charge on any atom is -0.352 e. The molecule has 0 bridgehead atoms. The third kappa shape index (κ3) is 11.7. The fourth-order valence-electron chi connectivity index (χ4n) is 3.96. The maximum absolute atomic E-state index is 12.9. The number of hydrogen-bond acceptors (Lipinski definition) is 4. The van der Waals surface area contributed by atoms with Gasteiger partial charge < -0.3 is 10.6 Å². The van der Waals surface area contributed by atoms with E-state index in [1.165, 1.54) is 6.07 Å². The molecule has 4 aromatic rings. The van der Waals surface area contributed by atoms with Crippen molar-refractivity contribution in [3.8, 4) is 0 Å². The molecule has 49 heavy (non-hydrogen) atoms. The standard InChI is InChI=1S/C16H11ClF6N2O.C15H11ClF3IN2O/c17-12-7-9(15(18,19)20)8-25-13(12)5-6-24-14(26)10-3-1-2-4-11(10)16(21,22)23;16-11-7-9(15(17,18)19)8-22-13(11)5-6-21-14(23)10-3-1-2-4-12(10)20/h1-4,7-8H,5-6H2,(H,24,26);1-4,7-8H,5-6H2,(H,21,23).